The minimum atomic E-state index is -0.119. The Morgan fingerprint density at radius 1 is 1.26 bits per heavy atom. The van der Waals surface area contributed by atoms with Crippen molar-refractivity contribution in [1.82, 2.24) is 14.5 Å². The van der Waals surface area contributed by atoms with Crippen LogP contribution >= 0.6 is 11.6 Å². The van der Waals surface area contributed by atoms with Crippen molar-refractivity contribution in [1.29, 1.82) is 0 Å². The van der Waals surface area contributed by atoms with Gasteiger partial charge in [-0.15, -0.1) is 11.6 Å². The standard InChI is InChI=1S/C15H22ClN3/c1-6-15(5,7-2)19-13(11(4)16)18-12-9-8-10(3)17-14(12)19/h8-9,11H,6-7H2,1-5H3. The number of pyridine rings is 1. The zero-order valence-electron chi connectivity index (χ0n) is 12.4. The molecule has 0 saturated heterocycles. The first-order chi connectivity index (χ1) is 8.92. The highest BCUT2D eigenvalue weighted by molar-refractivity contribution is 6.20. The fourth-order valence-electron chi connectivity index (χ4n) is 2.43. The van der Waals surface area contributed by atoms with E-state index in [-0.39, 0.29) is 10.9 Å². The summed E-state index contributed by atoms with van der Waals surface area (Å²) in [5, 5.41) is -0.119. The van der Waals surface area contributed by atoms with Crippen LogP contribution in [0, 0.1) is 6.92 Å². The molecule has 0 N–H and O–H groups in total. The fraction of sp³-hybridized carbons (Fsp3) is 0.600. The normalized spacial score (nSPS) is 14.0. The molecule has 1 unspecified atom stereocenters. The van der Waals surface area contributed by atoms with Crippen LogP contribution < -0.4 is 0 Å². The molecule has 4 heteroatoms. The minimum Gasteiger partial charge on any atom is -0.306 e. The number of imidazole rings is 1. The van der Waals surface area contributed by atoms with Crippen LogP contribution in [0.25, 0.3) is 11.2 Å². The van der Waals surface area contributed by atoms with E-state index in [4.69, 9.17) is 11.6 Å². The lowest BCUT2D eigenvalue weighted by Crippen LogP contribution is -2.30. The topological polar surface area (TPSA) is 30.7 Å². The molecule has 0 aliphatic heterocycles. The first-order valence-electron chi connectivity index (χ1n) is 6.93. The number of aryl methyl sites for hydroxylation is 1. The number of fused-ring (bicyclic) bond motifs is 1. The highest BCUT2D eigenvalue weighted by Crippen LogP contribution is 2.34. The lowest BCUT2D eigenvalue weighted by molar-refractivity contribution is 0.292. The van der Waals surface area contributed by atoms with Crippen LogP contribution in [0.4, 0.5) is 0 Å². The molecule has 3 nitrogen and oxygen atoms in total. The van der Waals surface area contributed by atoms with Gasteiger partial charge in [0.05, 0.1) is 5.38 Å². The summed E-state index contributed by atoms with van der Waals surface area (Å²) in [5.74, 6) is 0.918. The number of nitrogens with zero attached hydrogens (tertiary/aromatic N) is 3. The van der Waals surface area contributed by atoms with Gasteiger partial charge in [-0.2, -0.15) is 0 Å². The lowest BCUT2D eigenvalue weighted by Gasteiger charge is -2.31. The highest BCUT2D eigenvalue weighted by Gasteiger charge is 2.29. The molecule has 0 saturated carbocycles. The molecule has 0 amide bonds. The molecule has 0 radical (unpaired) electrons. The molecule has 0 aromatic carbocycles. The van der Waals surface area contributed by atoms with Crippen molar-refractivity contribution in [3.05, 3.63) is 23.7 Å². The zero-order chi connectivity index (χ0) is 14.2. The predicted molar refractivity (Wildman–Crippen MR) is 80.8 cm³/mol. The average Bonchev–Trinajstić information content (AvgIpc) is 2.77. The summed E-state index contributed by atoms with van der Waals surface area (Å²) in [6.45, 7) is 10.6. The Labute approximate surface area is 120 Å². The first-order valence-corrected chi connectivity index (χ1v) is 7.37. The second-order valence-electron chi connectivity index (χ2n) is 5.42. The molecule has 0 aliphatic rings. The number of aromatic nitrogens is 3. The van der Waals surface area contributed by atoms with Crippen LogP contribution in [0.5, 0.6) is 0 Å². The van der Waals surface area contributed by atoms with E-state index in [1.807, 2.05) is 26.0 Å². The Morgan fingerprint density at radius 3 is 2.42 bits per heavy atom. The molecule has 2 aromatic rings. The van der Waals surface area contributed by atoms with Gasteiger partial charge in [-0.25, -0.2) is 9.97 Å². The molecule has 19 heavy (non-hydrogen) atoms. The van der Waals surface area contributed by atoms with Gasteiger partial charge in [0.15, 0.2) is 5.65 Å². The van der Waals surface area contributed by atoms with E-state index in [0.717, 1.165) is 35.5 Å². The van der Waals surface area contributed by atoms with Gasteiger partial charge in [0, 0.05) is 11.2 Å². The maximum Gasteiger partial charge on any atom is 0.160 e. The Balaban J connectivity index is 2.81. The SMILES string of the molecule is CCC(C)(CC)n1c(C(C)Cl)nc2ccc(C)nc21. The maximum atomic E-state index is 6.33. The summed E-state index contributed by atoms with van der Waals surface area (Å²) in [6, 6.07) is 4.03. The Hall–Kier alpha value is -1.09. The molecule has 0 fully saturated rings. The third kappa shape index (κ3) is 2.36. The molecular formula is C15H22ClN3. The Kier molecular flexibility index (Phi) is 3.86. The summed E-state index contributed by atoms with van der Waals surface area (Å²) in [7, 11) is 0. The number of alkyl halides is 1. The van der Waals surface area contributed by atoms with E-state index in [1.165, 1.54) is 0 Å². The molecule has 2 rings (SSSR count). The van der Waals surface area contributed by atoms with Gasteiger partial charge in [0.2, 0.25) is 0 Å². The van der Waals surface area contributed by atoms with Crippen molar-refractivity contribution < 1.29 is 0 Å². The molecule has 0 aliphatic carbocycles. The van der Waals surface area contributed by atoms with Crippen molar-refractivity contribution in [3.63, 3.8) is 0 Å². The molecule has 0 spiro atoms. The minimum absolute atomic E-state index is 0.00796. The lowest BCUT2D eigenvalue weighted by atomic mass is 9.94. The number of hydrogen-bond donors (Lipinski definition) is 0. The van der Waals surface area contributed by atoms with Crippen LogP contribution in [0.15, 0.2) is 12.1 Å². The van der Waals surface area contributed by atoms with Crippen LogP contribution in [0.2, 0.25) is 0 Å². The van der Waals surface area contributed by atoms with E-state index < -0.39 is 0 Å². The third-order valence-electron chi connectivity index (χ3n) is 4.09. The summed E-state index contributed by atoms with van der Waals surface area (Å²) in [5.41, 5.74) is 2.90. The monoisotopic (exact) mass is 279 g/mol. The van der Waals surface area contributed by atoms with Crippen molar-refractivity contribution in [2.24, 2.45) is 0 Å². The predicted octanol–water partition coefficient (Wildman–Crippen LogP) is 4.57. The molecule has 1 atom stereocenters. The second kappa shape index (κ2) is 5.12. The van der Waals surface area contributed by atoms with Crippen molar-refractivity contribution in [2.75, 3.05) is 0 Å². The van der Waals surface area contributed by atoms with Crippen LogP contribution in [0.1, 0.15) is 57.4 Å². The van der Waals surface area contributed by atoms with Gasteiger partial charge in [0.1, 0.15) is 11.3 Å². The van der Waals surface area contributed by atoms with E-state index in [1.54, 1.807) is 0 Å². The van der Waals surface area contributed by atoms with Gasteiger partial charge in [-0.05, 0) is 45.7 Å². The molecular weight excluding hydrogens is 258 g/mol. The fourth-order valence-corrected chi connectivity index (χ4v) is 2.58. The van der Waals surface area contributed by atoms with E-state index >= 15 is 0 Å². The Bertz CT molecular complexity index is 582. The van der Waals surface area contributed by atoms with Gasteiger partial charge in [-0.1, -0.05) is 13.8 Å². The maximum absolute atomic E-state index is 6.33. The van der Waals surface area contributed by atoms with Crippen molar-refractivity contribution in [2.45, 2.75) is 58.4 Å². The van der Waals surface area contributed by atoms with Gasteiger partial charge in [0.25, 0.3) is 0 Å². The van der Waals surface area contributed by atoms with Gasteiger partial charge < -0.3 is 4.57 Å². The second-order valence-corrected chi connectivity index (χ2v) is 6.08. The smallest absolute Gasteiger partial charge is 0.160 e. The highest BCUT2D eigenvalue weighted by atomic mass is 35.5. The number of halogens is 1. The largest absolute Gasteiger partial charge is 0.306 e. The van der Waals surface area contributed by atoms with Crippen LogP contribution in [-0.2, 0) is 5.54 Å². The van der Waals surface area contributed by atoms with Gasteiger partial charge in [-0.3, -0.25) is 0 Å². The third-order valence-corrected chi connectivity index (χ3v) is 4.28. The number of hydrogen-bond acceptors (Lipinski definition) is 2. The summed E-state index contributed by atoms with van der Waals surface area (Å²) in [6.07, 6.45) is 2.06. The molecule has 2 heterocycles. The van der Waals surface area contributed by atoms with E-state index in [2.05, 4.69) is 35.3 Å². The average molecular weight is 280 g/mol. The summed E-state index contributed by atoms with van der Waals surface area (Å²) < 4.78 is 2.24. The first kappa shape index (κ1) is 14.3. The van der Waals surface area contributed by atoms with Crippen LogP contribution in [-0.4, -0.2) is 14.5 Å². The Morgan fingerprint density at radius 2 is 1.89 bits per heavy atom. The van der Waals surface area contributed by atoms with Crippen molar-refractivity contribution in [3.8, 4) is 0 Å². The van der Waals surface area contributed by atoms with Crippen molar-refractivity contribution >= 4 is 22.8 Å². The zero-order valence-corrected chi connectivity index (χ0v) is 13.1. The number of rotatable bonds is 4. The van der Waals surface area contributed by atoms with E-state index in [9.17, 15) is 0 Å². The summed E-state index contributed by atoms with van der Waals surface area (Å²) >= 11 is 6.33. The molecule has 2 aromatic heterocycles. The molecule has 0 bridgehead atoms. The summed E-state index contributed by atoms with van der Waals surface area (Å²) in [4.78, 5) is 9.37. The van der Waals surface area contributed by atoms with Crippen LogP contribution in [0.3, 0.4) is 0 Å². The van der Waals surface area contributed by atoms with Gasteiger partial charge >= 0.3 is 0 Å². The molecule has 104 valence electrons. The van der Waals surface area contributed by atoms with E-state index in [0.29, 0.717) is 0 Å². The quantitative estimate of drug-likeness (QED) is 0.767.